The molecule has 0 amide bonds. The molecule has 0 aliphatic carbocycles. The third-order valence-electron chi connectivity index (χ3n) is 3.92. The van der Waals surface area contributed by atoms with Gasteiger partial charge >= 0.3 is 0 Å². The van der Waals surface area contributed by atoms with E-state index in [0.29, 0.717) is 13.2 Å². The smallest absolute Gasteiger partial charge is 0.172 e. The molecule has 1 aromatic heterocycles. The second kappa shape index (κ2) is 4.52. The molecule has 3 aromatic rings. The Labute approximate surface area is 122 Å². The fourth-order valence-electron chi connectivity index (χ4n) is 2.66. The molecule has 4 rings (SSSR count). The van der Waals surface area contributed by atoms with Gasteiger partial charge in [-0.1, -0.05) is 6.07 Å². The third kappa shape index (κ3) is 1.95. The highest BCUT2D eigenvalue weighted by atomic mass is 16.6. The lowest BCUT2D eigenvalue weighted by atomic mass is 10.1. The Morgan fingerprint density at radius 3 is 2.76 bits per heavy atom. The number of hydrogen-bond acceptors (Lipinski definition) is 3. The van der Waals surface area contributed by atoms with Gasteiger partial charge in [-0.25, -0.2) is 4.98 Å². The zero-order valence-electron chi connectivity index (χ0n) is 12.1. The van der Waals surface area contributed by atoms with E-state index in [2.05, 4.69) is 31.0 Å². The van der Waals surface area contributed by atoms with Crippen LogP contribution in [0, 0.1) is 13.8 Å². The lowest BCUT2D eigenvalue weighted by Crippen LogP contribution is -2.15. The third-order valence-corrected chi connectivity index (χ3v) is 3.92. The molecule has 0 unspecified atom stereocenters. The first kappa shape index (κ1) is 12.3. The highest BCUT2D eigenvalue weighted by molar-refractivity contribution is 5.82. The van der Waals surface area contributed by atoms with Crippen LogP contribution in [0.5, 0.6) is 11.5 Å². The molecule has 0 saturated carbocycles. The fourth-order valence-corrected chi connectivity index (χ4v) is 2.66. The van der Waals surface area contributed by atoms with Crippen LogP contribution in [0.3, 0.4) is 0 Å². The first-order chi connectivity index (χ1) is 10.2. The van der Waals surface area contributed by atoms with Crippen LogP contribution in [-0.2, 0) is 0 Å². The van der Waals surface area contributed by atoms with Crippen LogP contribution in [0.1, 0.15) is 11.1 Å². The Balaban J connectivity index is 1.91. The average Bonchev–Trinajstić information content (AvgIpc) is 2.90. The molecule has 2 aromatic carbocycles. The fraction of sp³-hybridized carbons (Fsp3) is 0.235. The molecule has 106 valence electrons. The normalized spacial score (nSPS) is 13.6. The highest BCUT2D eigenvalue weighted by Crippen LogP contribution is 2.39. The number of aromatic amines is 1. The van der Waals surface area contributed by atoms with E-state index in [1.807, 2.05) is 18.2 Å². The maximum atomic E-state index is 5.77. The Kier molecular flexibility index (Phi) is 2.64. The van der Waals surface area contributed by atoms with Crippen LogP contribution in [0.15, 0.2) is 30.3 Å². The SMILES string of the molecule is Cc1cc2nc(-c3cccc4c3OCCO4)[nH]c2cc1C. The molecule has 0 atom stereocenters. The van der Waals surface area contributed by atoms with Gasteiger partial charge in [0.1, 0.15) is 19.0 Å². The number of fused-ring (bicyclic) bond motifs is 2. The minimum atomic E-state index is 0.572. The lowest BCUT2D eigenvalue weighted by molar-refractivity contribution is 0.172. The number of benzene rings is 2. The van der Waals surface area contributed by atoms with Gasteiger partial charge in [-0.05, 0) is 49.2 Å². The molecule has 21 heavy (non-hydrogen) atoms. The molecular formula is C17H16N2O2. The summed E-state index contributed by atoms with van der Waals surface area (Å²) >= 11 is 0. The topological polar surface area (TPSA) is 47.1 Å². The van der Waals surface area contributed by atoms with Gasteiger partial charge in [0.15, 0.2) is 11.5 Å². The van der Waals surface area contributed by atoms with Crippen molar-refractivity contribution in [3.63, 3.8) is 0 Å². The predicted molar refractivity (Wildman–Crippen MR) is 82.0 cm³/mol. The molecule has 1 aliphatic rings. The van der Waals surface area contributed by atoms with Crippen LogP contribution in [0.2, 0.25) is 0 Å². The van der Waals surface area contributed by atoms with Gasteiger partial charge in [0.2, 0.25) is 0 Å². The van der Waals surface area contributed by atoms with Crippen LogP contribution >= 0.6 is 0 Å². The highest BCUT2D eigenvalue weighted by Gasteiger charge is 2.19. The summed E-state index contributed by atoms with van der Waals surface area (Å²) in [4.78, 5) is 8.09. The Bertz CT molecular complexity index is 797. The van der Waals surface area contributed by atoms with Crippen molar-refractivity contribution in [2.75, 3.05) is 13.2 Å². The summed E-state index contributed by atoms with van der Waals surface area (Å²) < 4.78 is 11.4. The molecule has 0 fully saturated rings. The van der Waals surface area contributed by atoms with Gasteiger partial charge in [-0.3, -0.25) is 0 Å². The molecule has 0 bridgehead atoms. The first-order valence-electron chi connectivity index (χ1n) is 7.08. The summed E-state index contributed by atoms with van der Waals surface area (Å²) in [5.41, 5.74) is 5.46. The number of aromatic nitrogens is 2. The number of hydrogen-bond donors (Lipinski definition) is 1. The quantitative estimate of drug-likeness (QED) is 0.740. The zero-order chi connectivity index (χ0) is 14.4. The van der Waals surface area contributed by atoms with Crippen molar-refractivity contribution in [3.8, 4) is 22.9 Å². The number of nitrogens with zero attached hydrogens (tertiary/aromatic N) is 1. The molecule has 1 N–H and O–H groups in total. The summed E-state index contributed by atoms with van der Waals surface area (Å²) in [5.74, 6) is 2.38. The van der Waals surface area contributed by atoms with Gasteiger partial charge in [0.05, 0.1) is 16.6 Å². The second-order valence-corrected chi connectivity index (χ2v) is 5.37. The summed E-state index contributed by atoms with van der Waals surface area (Å²) in [5, 5.41) is 0. The van der Waals surface area contributed by atoms with Gasteiger partial charge < -0.3 is 14.5 Å². The van der Waals surface area contributed by atoms with Crippen molar-refractivity contribution in [2.45, 2.75) is 13.8 Å². The largest absolute Gasteiger partial charge is 0.486 e. The molecule has 0 radical (unpaired) electrons. The van der Waals surface area contributed by atoms with Crippen LogP contribution < -0.4 is 9.47 Å². The van der Waals surface area contributed by atoms with Gasteiger partial charge in [0.25, 0.3) is 0 Å². The van der Waals surface area contributed by atoms with Crippen molar-refractivity contribution >= 4 is 11.0 Å². The van der Waals surface area contributed by atoms with E-state index < -0.39 is 0 Å². The molecule has 4 nitrogen and oxygen atoms in total. The van der Waals surface area contributed by atoms with E-state index >= 15 is 0 Å². The Hall–Kier alpha value is -2.49. The first-order valence-corrected chi connectivity index (χ1v) is 7.08. The number of para-hydroxylation sites is 1. The lowest BCUT2D eigenvalue weighted by Gasteiger charge is -2.20. The van der Waals surface area contributed by atoms with E-state index in [1.165, 1.54) is 11.1 Å². The number of aryl methyl sites for hydroxylation is 2. The van der Waals surface area contributed by atoms with Gasteiger partial charge in [-0.15, -0.1) is 0 Å². The molecule has 1 aliphatic heterocycles. The van der Waals surface area contributed by atoms with E-state index in [-0.39, 0.29) is 0 Å². The average molecular weight is 280 g/mol. The number of rotatable bonds is 1. The molecule has 4 heteroatoms. The van der Waals surface area contributed by atoms with E-state index in [0.717, 1.165) is 33.9 Å². The van der Waals surface area contributed by atoms with Crippen molar-refractivity contribution < 1.29 is 9.47 Å². The number of nitrogens with one attached hydrogen (secondary N) is 1. The van der Waals surface area contributed by atoms with Gasteiger partial charge in [-0.2, -0.15) is 0 Å². The van der Waals surface area contributed by atoms with Crippen molar-refractivity contribution in [1.29, 1.82) is 0 Å². The maximum absolute atomic E-state index is 5.77. The van der Waals surface area contributed by atoms with Crippen LogP contribution in [-0.4, -0.2) is 23.2 Å². The summed E-state index contributed by atoms with van der Waals surface area (Å²) in [6.07, 6.45) is 0. The Morgan fingerprint density at radius 1 is 1.05 bits per heavy atom. The zero-order valence-corrected chi connectivity index (χ0v) is 12.1. The minimum Gasteiger partial charge on any atom is -0.486 e. The van der Waals surface area contributed by atoms with Crippen molar-refractivity contribution in [1.82, 2.24) is 9.97 Å². The Morgan fingerprint density at radius 2 is 1.86 bits per heavy atom. The minimum absolute atomic E-state index is 0.572. The van der Waals surface area contributed by atoms with Crippen LogP contribution in [0.4, 0.5) is 0 Å². The van der Waals surface area contributed by atoms with Crippen molar-refractivity contribution in [3.05, 3.63) is 41.5 Å². The molecule has 0 saturated heterocycles. The molecular weight excluding hydrogens is 264 g/mol. The standard InChI is InChI=1S/C17H16N2O2/c1-10-8-13-14(9-11(10)2)19-17(18-13)12-4-3-5-15-16(12)21-7-6-20-15/h3-5,8-9H,6-7H2,1-2H3,(H,18,19). The predicted octanol–water partition coefficient (Wildman–Crippen LogP) is 3.62. The second-order valence-electron chi connectivity index (χ2n) is 5.37. The van der Waals surface area contributed by atoms with E-state index in [9.17, 15) is 0 Å². The summed E-state index contributed by atoms with van der Waals surface area (Å²) in [7, 11) is 0. The number of H-pyrrole nitrogens is 1. The van der Waals surface area contributed by atoms with Crippen LogP contribution in [0.25, 0.3) is 22.4 Å². The van der Waals surface area contributed by atoms with Crippen molar-refractivity contribution in [2.24, 2.45) is 0 Å². The monoisotopic (exact) mass is 280 g/mol. The number of ether oxygens (including phenoxy) is 2. The van der Waals surface area contributed by atoms with Gasteiger partial charge in [0, 0.05) is 0 Å². The number of imidazole rings is 1. The molecule has 2 heterocycles. The van der Waals surface area contributed by atoms with E-state index in [4.69, 9.17) is 14.5 Å². The summed E-state index contributed by atoms with van der Waals surface area (Å²) in [6.45, 7) is 5.37. The summed E-state index contributed by atoms with van der Waals surface area (Å²) in [6, 6.07) is 10.1. The van der Waals surface area contributed by atoms with E-state index in [1.54, 1.807) is 0 Å². The maximum Gasteiger partial charge on any atom is 0.172 e. The molecule has 0 spiro atoms.